The van der Waals surface area contributed by atoms with Crippen LogP contribution in [-0.4, -0.2) is 74.1 Å². The van der Waals surface area contributed by atoms with Crippen LogP contribution in [0.1, 0.15) is 181 Å². The zero-order chi connectivity index (χ0) is 48.7. The molecule has 8 unspecified atom stereocenters. The predicted octanol–water partition coefficient (Wildman–Crippen LogP) is 14.3. The standard InChI is InChI=1S/C60H90N2O6/c1-44(2)21-20-22-45(3)53-32-33-54-52-31-28-48-43-51(34-37-59(48,5)55(52)35-38-60(53,54)6)68-57(64)25-16-13-18-40-62(56(63)36-41-61(7)8)39-17-10-9-11-19-42-66-58(65)46(4)47-26-29-50(30-27-47)67-49-23-14-12-15-24-49/h12,14-15,23-24,26-31,44-46,51,53-55H,9-11,13,16-22,25,32-43H2,1-8H3. The first-order chi connectivity index (χ1) is 32.7. The lowest BCUT2D eigenvalue weighted by Crippen LogP contribution is -2.46. The molecule has 0 radical (unpaired) electrons. The van der Waals surface area contributed by atoms with Gasteiger partial charge in [0.05, 0.1) is 12.5 Å². The first-order valence-corrected chi connectivity index (χ1v) is 27.2. The molecule has 3 fully saturated rings. The van der Waals surface area contributed by atoms with Crippen LogP contribution in [0.3, 0.4) is 0 Å². The quantitative estimate of drug-likeness (QED) is 0.0651. The van der Waals surface area contributed by atoms with Crippen molar-refractivity contribution in [2.75, 3.05) is 40.3 Å². The van der Waals surface area contributed by atoms with E-state index < -0.39 is 0 Å². The number of carbonyl (C=O) groups excluding carboxylic acids is 3. The molecule has 1 amide bonds. The van der Waals surface area contributed by atoms with Crippen LogP contribution in [0, 0.1) is 40.4 Å². The third kappa shape index (κ3) is 14.6. The van der Waals surface area contributed by atoms with Crippen LogP contribution in [0.4, 0.5) is 0 Å². The Balaban J connectivity index is 0.856. The second-order valence-corrected chi connectivity index (χ2v) is 22.7. The Bertz CT molecular complexity index is 1960. The molecule has 2 aromatic rings. The highest BCUT2D eigenvalue weighted by molar-refractivity contribution is 5.77. The number of unbranched alkanes of at least 4 members (excludes halogenated alkanes) is 6. The van der Waals surface area contributed by atoms with Crippen LogP contribution in [0.5, 0.6) is 11.5 Å². The van der Waals surface area contributed by atoms with E-state index in [1.165, 1.54) is 50.5 Å². The summed E-state index contributed by atoms with van der Waals surface area (Å²) in [6, 6.07) is 17.3. The van der Waals surface area contributed by atoms with Crippen LogP contribution in [-0.2, 0) is 23.9 Å². The van der Waals surface area contributed by atoms with Crippen molar-refractivity contribution < 1.29 is 28.6 Å². The number of para-hydroxylation sites is 1. The Morgan fingerprint density at radius 1 is 0.691 bits per heavy atom. The minimum atomic E-state index is -0.349. The van der Waals surface area contributed by atoms with Gasteiger partial charge >= 0.3 is 11.9 Å². The molecule has 3 saturated carbocycles. The molecule has 376 valence electrons. The maximum Gasteiger partial charge on any atom is 0.313 e. The predicted molar refractivity (Wildman–Crippen MR) is 277 cm³/mol. The number of ether oxygens (including phenoxy) is 3. The summed E-state index contributed by atoms with van der Waals surface area (Å²) < 4.78 is 17.7. The number of hydrogen-bond acceptors (Lipinski definition) is 7. The lowest BCUT2D eigenvalue weighted by Gasteiger charge is -2.55. The van der Waals surface area contributed by atoms with E-state index in [4.69, 9.17) is 14.2 Å². The van der Waals surface area contributed by atoms with Gasteiger partial charge in [0.25, 0.3) is 0 Å². The Hall–Kier alpha value is -3.91. The van der Waals surface area contributed by atoms with Crippen molar-refractivity contribution in [2.24, 2.45) is 40.4 Å². The van der Waals surface area contributed by atoms with Gasteiger partial charge in [-0.05, 0) is 155 Å². The van der Waals surface area contributed by atoms with Gasteiger partial charge < -0.3 is 24.0 Å². The molecular weight excluding hydrogens is 845 g/mol. The molecule has 0 N–H and O–H groups in total. The molecule has 68 heavy (non-hydrogen) atoms. The second kappa shape index (κ2) is 25.8. The van der Waals surface area contributed by atoms with Crippen LogP contribution < -0.4 is 4.74 Å². The normalized spacial score (nSPS) is 25.1. The molecule has 8 heteroatoms. The molecule has 0 aliphatic heterocycles. The number of hydrogen-bond donors (Lipinski definition) is 0. The van der Waals surface area contributed by atoms with Crippen LogP contribution in [0.2, 0.25) is 0 Å². The second-order valence-electron chi connectivity index (χ2n) is 22.7. The highest BCUT2D eigenvalue weighted by Gasteiger charge is 2.57. The first-order valence-electron chi connectivity index (χ1n) is 27.2. The largest absolute Gasteiger partial charge is 0.465 e. The third-order valence-electron chi connectivity index (χ3n) is 17.0. The van der Waals surface area contributed by atoms with Crippen LogP contribution in [0.15, 0.2) is 77.9 Å². The number of carbonyl (C=O) groups is 3. The highest BCUT2D eigenvalue weighted by atomic mass is 16.5. The van der Waals surface area contributed by atoms with Crippen molar-refractivity contribution >= 4 is 17.8 Å². The number of amides is 1. The average Bonchev–Trinajstić information content (AvgIpc) is 3.68. The van der Waals surface area contributed by atoms with Gasteiger partial charge in [-0.15, -0.1) is 0 Å². The summed E-state index contributed by atoms with van der Waals surface area (Å²) in [4.78, 5) is 43.3. The summed E-state index contributed by atoms with van der Waals surface area (Å²) in [5, 5.41) is 0. The smallest absolute Gasteiger partial charge is 0.313 e. The van der Waals surface area contributed by atoms with E-state index in [1.54, 1.807) is 5.57 Å². The van der Waals surface area contributed by atoms with E-state index in [-0.39, 0.29) is 35.3 Å². The topological polar surface area (TPSA) is 85.4 Å². The van der Waals surface area contributed by atoms with E-state index in [0.29, 0.717) is 30.8 Å². The Kier molecular flexibility index (Phi) is 20.3. The van der Waals surface area contributed by atoms with E-state index in [1.807, 2.05) is 80.5 Å². The minimum absolute atomic E-state index is 0.0210. The lowest BCUT2D eigenvalue weighted by atomic mass is 9.50. The summed E-state index contributed by atoms with van der Waals surface area (Å²) in [7, 11) is 4.01. The lowest BCUT2D eigenvalue weighted by molar-refractivity contribution is -0.151. The average molecular weight is 935 g/mol. The number of rotatable bonds is 27. The number of nitrogens with zero attached hydrogens (tertiary/aromatic N) is 2. The summed E-state index contributed by atoms with van der Waals surface area (Å²) in [5.74, 6) is 4.90. The van der Waals surface area contributed by atoms with E-state index in [2.05, 4.69) is 51.7 Å². The Labute approximate surface area is 412 Å². The van der Waals surface area contributed by atoms with Crippen LogP contribution >= 0.6 is 0 Å². The van der Waals surface area contributed by atoms with Gasteiger partial charge in [0.1, 0.15) is 17.6 Å². The number of esters is 2. The third-order valence-corrected chi connectivity index (χ3v) is 17.0. The molecule has 4 aliphatic carbocycles. The fourth-order valence-electron chi connectivity index (χ4n) is 12.7. The molecule has 0 spiro atoms. The van der Waals surface area contributed by atoms with Crippen molar-refractivity contribution in [3.8, 4) is 11.5 Å². The van der Waals surface area contributed by atoms with Gasteiger partial charge in [-0.1, -0.05) is 133 Å². The van der Waals surface area contributed by atoms with E-state index in [9.17, 15) is 14.4 Å². The van der Waals surface area contributed by atoms with Gasteiger partial charge in [0, 0.05) is 38.9 Å². The zero-order valence-electron chi connectivity index (χ0n) is 43.7. The summed E-state index contributed by atoms with van der Waals surface area (Å²) in [5.41, 5.74) is 4.79. The van der Waals surface area contributed by atoms with Gasteiger partial charge in [-0.2, -0.15) is 0 Å². The summed E-state index contributed by atoms with van der Waals surface area (Å²) in [6.07, 6.45) is 25.8. The molecule has 6 rings (SSSR count). The number of allylic oxidation sites excluding steroid dienone is 3. The van der Waals surface area contributed by atoms with Crippen molar-refractivity contribution in [3.05, 3.63) is 83.5 Å². The Morgan fingerprint density at radius 3 is 2.10 bits per heavy atom. The van der Waals surface area contributed by atoms with Crippen LogP contribution in [0.25, 0.3) is 0 Å². The van der Waals surface area contributed by atoms with Crippen molar-refractivity contribution in [3.63, 3.8) is 0 Å². The number of benzene rings is 2. The summed E-state index contributed by atoms with van der Waals surface area (Å²) >= 11 is 0. The van der Waals surface area contributed by atoms with Crippen molar-refractivity contribution in [1.82, 2.24) is 9.80 Å². The highest BCUT2D eigenvalue weighted by Crippen LogP contribution is 2.66. The number of fused-ring (bicyclic) bond motifs is 5. The molecule has 8 nitrogen and oxygen atoms in total. The molecule has 0 saturated heterocycles. The zero-order valence-corrected chi connectivity index (χ0v) is 43.7. The SMILES string of the molecule is CC(C)CCCC(C)C1CCC2C3=CC=C4CC(OC(=O)CCCCCN(CCCCCCCOC(=O)C(C)c5ccc(Oc6ccccc6)cc5)C(=O)CCN(C)C)CCC4(C)C3CCC21C. The maximum atomic E-state index is 13.3. The fraction of sp³-hybridized carbons (Fsp3) is 0.683. The molecule has 8 atom stereocenters. The molecular formula is C60H90N2O6. The van der Waals surface area contributed by atoms with Crippen molar-refractivity contribution in [2.45, 2.75) is 182 Å². The van der Waals surface area contributed by atoms with E-state index >= 15 is 0 Å². The monoisotopic (exact) mass is 935 g/mol. The first kappa shape index (κ1) is 53.4. The molecule has 0 heterocycles. The molecule has 0 aromatic heterocycles. The van der Waals surface area contributed by atoms with E-state index in [0.717, 1.165) is 131 Å². The Morgan fingerprint density at radius 2 is 1.38 bits per heavy atom. The van der Waals surface area contributed by atoms with Gasteiger partial charge in [0.2, 0.25) is 5.91 Å². The molecule has 0 bridgehead atoms. The van der Waals surface area contributed by atoms with Gasteiger partial charge in [0.15, 0.2) is 0 Å². The molecule has 2 aromatic carbocycles. The minimum Gasteiger partial charge on any atom is -0.465 e. The van der Waals surface area contributed by atoms with Gasteiger partial charge in [-0.25, -0.2) is 0 Å². The molecule has 4 aliphatic rings. The van der Waals surface area contributed by atoms with Gasteiger partial charge in [-0.3, -0.25) is 14.4 Å². The maximum absolute atomic E-state index is 13.3. The fourth-order valence-corrected chi connectivity index (χ4v) is 12.7. The summed E-state index contributed by atoms with van der Waals surface area (Å²) in [6.45, 7) is 16.9. The van der Waals surface area contributed by atoms with Crippen molar-refractivity contribution in [1.29, 1.82) is 0 Å².